The number of ether oxygens (including phenoxy) is 1. The third kappa shape index (κ3) is 5.60. The Bertz CT molecular complexity index is 839. The van der Waals surface area contributed by atoms with Crippen LogP contribution in [0.4, 0.5) is 11.4 Å². The molecule has 150 valence electrons. The lowest BCUT2D eigenvalue weighted by molar-refractivity contribution is -0.121. The topological polar surface area (TPSA) is 80.0 Å². The second kappa shape index (κ2) is 10.3. The van der Waals surface area contributed by atoms with Crippen molar-refractivity contribution >= 4 is 47.2 Å². The van der Waals surface area contributed by atoms with Crippen LogP contribution >= 0.6 is 24.0 Å². The highest BCUT2D eigenvalue weighted by Gasteiger charge is 2.24. The molecule has 0 bridgehead atoms. The largest absolute Gasteiger partial charge is 0.482 e. The molecule has 1 heterocycles. The molecule has 0 aromatic heterocycles. The molecule has 2 aromatic carbocycles. The zero-order chi connectivity index (χ0) is 19.2. The number of halogens is 1. The Kier molecular flexibility index (Phi) is 8.10. The molecule has 0 atom stereocenters. The summed E-state index contributed by atoms with van der Waals surface area (Å²) in [5.41, 5.74) is 8.99. The molecule has 6 nitrogen and oxygen atoms in total. The maximum Gasteiger partial charge on any atom is 0.265 e. The lowest BCUT2D eigenvalue weighted by Gasteiger charge is -2.29. The highest BCUT2D eigenvalue weighted by molar-refractivity contribution is 14.0. The average molecular weight is 494 g/mol. The zero-order valence-electron chi connectivity index (χ0n) is 16.2. The zero-order valence-corrected chi connectivity index (χ0v) is 18.6. The molecule has 1 aliphatic heterocycles. The number of rotatable bonds is 6. The number of benzene rings is 2. The van der Waals surface area contributed by atoms with Gasteiger partial charge in [0.25, 0.3) is 5.91 Å². The van der Waals surface area contributed by atoms with Crippen LogP contribution in [0.15, 0.2) is 53.5 Å². The molecule has 0 saturated carbocycles. The van der Waals surface area contributed by atoms with Crippen LogP contribution in [-0.4, -0.2) is 31.6 Å². The molecule has 28 heavy (non-hydrogen) atoms. The van der Waals surface area contributed by atoms with Crippen molar-refractivity contribution in [2.45, 2.75) is 26.2 Å². The summed E-state index contributed by atoms with van der Waals surface area (Å²) in [5, 5.41) is 3.13. The van der Waals surface area contributed by atoms with Gasteiger partial charge in [0, 0.05) is 18.8 Å². The van der Waals surface area contributed by atoms with Crippen LogP contribution < -0.4 is 20.7 Å². The van der Waals surface area contributed by atoms with E-state index in [1.54, 1.807) is 4.90 Å². The Labute approximate surface area is 183 Å². The predicted molar refractivity (Wildman–Crippen MR) is 125 cm³/mol. The van der Waals surface area contributed by atoms with E-state index < -0.39 is 0 Å². The first kappa shape index (κ1) is 22.0. The Balaban J connectivity index is 0.00000280. The van der Waals surface area contributed by atoms with E-state index >= 15 is 0 Å². The summed E-state index contributed by atoms with van der Waals surface area (Å²) in [6.07, 6.45) is 0.717. The van der Waals surface area contributed by atoms with Crippen LogP contribution in [0.5, 0.6) is 5.75 Å². The molecule has 0 saturated heterocycles. The monoisotopic (exact) mass is 494 g/mol. The lowest BCUT2D eigenvalue weighted by Crippen LogP contribution is -2.39. The van der Waals surface area contributed by atoms with Crippen molar-refractivity contribution in [3.8, 4) is 5.75 Å². The van der Waals surface area contributed by atoms with Crippen LogP contribution in [0, 0.1) is 0 Å². The number of guanidine groups is 1. The molecule has 0 fully saturated rings. The summed E-state index contributed by atoms with van der Waals surface area (Å²) < 4.78 is 5.45. The van der Waals surface area contributed by atoms with Crippen LogP contribution in [0.25, 0.3) is 0 Å². The van der Waals surface area contributed by atoms with Crippen molar-refractivity contribution in [1.29, 1.82) is 0 Å². The number of anilines is 2. The summed E-state index contributed by atoms with van der Waals surface area (Å²) in [6.45, 7) is 5.51. The third-order valence-electron chi connectivity index (χ3n) is 4.46. The highest BCUT2D eigenvalue weighted by atomic mass is 127. The van der Waals surface area contributed by atoms with Crippen LogP contribution in [-0.2, 0) is 4.79 Å². The smallest absolute Gasteiger partial charge is 0.265 e. The molecule has 0 spiro atoms. The van der Waals surface area contributed by atoms with Gasteiger partial charge in [-0.3, -0.25) is 9.79 Å². The number of nitrogens with two attached hydrogens (primary N) is 1. The first-order valence-corrected chi connectivity index (χ1v) is 9.23. The normalized spacial score (nSPS) is 13.6. The van der Waals surface area contributed by atoms with E-state index in [0.29, 0.717) is 31.4 Å². The Morgan fingerprint density at radius 1 is 1.25 bits per heavy atom. The molecule has 0 aliphatic carbocycles. The number of carbonyl (C=O) groups excluding carboxylic acids is 1. The first-order valence-electron chi connectivity index (χ1n) is 9.23. The number of aliphatic imine (C=N–C) groups is 1. The van der Waals surface area contributed by atoms with Crippen molar-refractivity contribution in [1.82, 2.24) is 0 Å². The highest BCUT2D eigenvalue weighted by Crippen LogP contribution is 2.31. The van der Waals surface area contributed by atoms with E-state index in [9.17, 15) is 4.79 Å². The number of carbonyl (C=O) groups is 1. The van der Waals surface area contributed by atoms with Gasteiger partial charge in [-0.25, -0.2) is 0 Å². The molecule has 1 aliphatic rings. The number of nitrogens with zero attached hydrogens (tertiary/aromatic N) is 2. The molecule has 7 heteroatoms. The van der Waals surface area contributed by atoms with E-state index in [0.717, 1.165) is 17.1 Å². The third-order valence-corrected chi connectivity index (χ3v) is 4.46. The quantitative estimate of drug-likeness (QED) is 0.276. The molecule has 0 radical (unpaired) electrons. The van der Waals surface area contributed by atoms with Crippen molar-refractivity contribution in [2.24, 2.45) is 10.7 Å². The molecule has 1 amide bonds. The maximum atomic E-state index is 12.1. The van der Waals surface area contributed by atoms with E-state index in [1.807, 2.05) is 36.4 Å². The number of hydrogen-bond donors (Lipinski definition) is 2. The number of fused-ring (bicyclic) bond motifs is 1. The van der Waals surface area contributed by atoms with Gasteiger partial charge in [-0.05, 0) is 42.2 Å². The minimum Gasteiger partial charge on any atom is -0.482 e. The van der Waals surface area contributed by atoms with Crippen molar-refractivity contribution in [3.63, 3.8) is 0 Å². The van der Waals surface area contributed by atoms with E-state index in [4.69, 9.17) is 10.5 Å². The van der Waals surface area contributed by atoms with Gasteiger partial charge in [-0.2, -0.15) is 0 Å². The van der Waals surface area contributed by atoms with Crippen LogP contribution in [0.2, 0.25) is 0 Å². The number of amides is 1. The summed E-state index contributed by atoms with van der Waals surface area (Å²) in [4.78, 5) is 18.3. The maximum absolute atomic E-state index is 12.1. The fourth-order valence-electron chi connectivity index (χ4n) is 2.99. The Hall–Kier alpha value is -2.29. The van der Waals surface area contributed by atoms with Gasteiger partial charge in [0.1, 0.15) is 5.75 Å². The molecular weight excluding hydrogens is 467 g/mol. The fraction of sp³-hybridized carbons (Fsp3) is 0.333. The predicted octanol–water partition coefficient (Wildman–Crippen LogP) is 3.97. The second-order valence-electron chi connectivity index (χ2n) is 6.83. The minimum atomic E-state index is -0.0331. The van der Waals surface area contributed by atoms with Gasteiger partial charge in [0.2, 0.25) is 0 Å². The Morgan fingerprint density at radius 2 is 2.04 bits per heavy atom. The summed E-state index contributed by atoms with van der Waals surface area (Å²) >= 11 is 0. The summed E-state index contributed by atoms with van der Waals surface area (Å²) in [7, 11) is 0. The van der Waals surface area contributed by atoms with E-state index in [1.165, 1.54) is 5.56 Å². The van der Waals surface area contributed by atoms with Gasteiger partial charge in [-0.15, -0.1) is 24.0 Å². The van der Waals surface area contributed by atoms with Crippen molar-refractivity contribution in [3.05, 3.63) is 54.1 Å². The average Bonchev–Trinajstić information content (AvgIpc) is 2.66. The molecule has 0 unspecified atom stereocenters. The SMILES string of the molecule is CC(C)c1cccc(NC(N)=NCCCN2C(=O)COc3ccccc32)c1.I. The van der Waals surface area contributed by atoms with Crippen molar-refractivity contribution < 1.29 is 9.53 Å². The Morgan fingerprint density at radius 3 is 2.82 bits per heavy atom. The summed E-state index contributed by atoms with van der Waals surface area (Å²) in [5.74, 6) is 1.55. The molecule has 2 aromatic rings. The van der Waals surface area contributed by atoms with Gasteiger partial charge < -0.3 is 20.7 Å². The number of hydrogen-bond acceptors (Lipinski definition) is 3. The first-order chi connectivity index (χ1) is 13.0. The second-order valence-corrected chi connectivity index (χ2v) is 6.83. The minimum absolute atomic E-state index is 0. The molecule has 3 rings (SSSR count). The molecule has 3 N–H and O–H groups in total. The van der Waals surface area contributed by atoms with E-state index in [2.05, 4.69) is 36.3 Å². The van der Waals surface area contributed by atoms with Crippen LogP contribution in [0.3, 0.4) is 0 Å². The van der Waals surface area contributed by atoms with Crippen LogP contribution in [0.1, 0.15) is 31.7 Å². The van der Waals surface area contributed by atoms with Gasteiger partial charge in [0.05, 0.1) is 5.69 Å². The van der Waals surface area contributed by atoms with E-state index in [-0.39, 0.29) is 36.5 Å². The standard InChI is InChI=1S/C21H26N4O2.HI/c1-15(2)16-7-5-8-17(13-16)24-21(22)23-11-6-12-25-18-9-3-4-10-19(18)27-14-20(25)26;/h3-5,7-10,13,15H,6,11-12,14H2,1-2H3,(H3,22,23,24);1H. The van der Waals surface area contributed by atoms with Gasteiger partial charge in [-0.1, -0.05) is 38.1 Å². The fourth-order valence-corrected chi connectivity index (χ4v) is 2.99. The van der Waals surface area contributed by atoms with Gasteiger partial charge in [0.15, 0.2) is 12.6 Å². The van der Waals surface area contributed by atoms with Gasteiger partial charge >= 0.3 is 0 Å². The number of nitrogens with one attached hydrogen (secondary N) is 1. The van der Waals surface area contributed by atoms with Crippen molar-refractivity contribution in [2.75, 3.05) is 29.9 Å². The number of para-hydroxylation sites is 2. The molecular formula is C21H27IN4O2. The summed E-state index contributed by atoms with van der Waals surface area (Å²) in [6, 6.07) is 15.7. The lowest BCUT2D eigenvalue weighted by atomic mass is 10.0.